The van der Waals surface area contributed by atoms with Gasteiger partial charge in [-0.25, -0.2) is 4.79 Å². The normalized spacial score (nSPS) is 10.0. The molecule has 0 heterocycles. The smallest absolute Gasteiger partial charge is 0.338 e. The summed E-state index contributed by atoms with van der Waals surface area (Å²) in [6, 6.07) is 7.88. The van der Waals surface area contributed by atoms with Crippen molar-refractivity contribution in [3.63, 3.8) is 0 Å². The number of benzene rings is 2. The van der Waals surface area contributed by atoms with Crippen LogP contribution in [0.2, 0.25) is 0 Å². The predicted octanol–water partition coefficient (Wildman–Crippen LogP) is 3.28. The van der Waals surface area contributed by atoms with Crippen LogP contribution in [0, 0.1) is 0 Å². The van der Waals surface area contributed by atoms with Gasteiger partial charge in [-0.15, -0.1) is 0 Å². The number of carbonyl (C=O) groups excluding carboxylic acids is 2. The number of amides is 1. The van der Waals surface area contributed by atoms with Crippen LogP contribution in [0.25, 0.3) is 0 Å². The van der Waals surface area contributed by atoms with E-state index in [4.69, 9.17) is 23.7 Å². The zero-order valence-corrected chi connectivity index (χ0v) is 17.4. The van der Waals surface area contributed by atoms with E-state index in [0.717, 1.165) is 0 Å². The van der Waals surface area contributed by atoms with Crippen LogP contribution < -0.4 is 24.3 Å². The molecule has 0 fully saturated rings. The molecular formula is C19H20BrNO7. The van der Waals surface area contributed by atoms with E-state index in [1.54, 1.807) is 18.2 Å². The van der Waals surface area contributed by atoms with Gasteiger partial charge in [0.05, 0.1) is 34.0 Å². The zero-order chi connectivity index (χ0) is 20.7. The van der Waals surface area contributed by atoms with Crippen molar-refractivity contribution in [2.45, 2.75) is 0 Å². The Balaban J connectivity index is 2.04. The molecule has 0 spiro atoms. The monoisotopic (exact) mass is 453 g/mol. The first-order valence-corrected chi connectivity index (χ1v) is 8.82. The summed E-state index contributed by atoms with van der Waals surface area (Å²) in [5.74, 6) is 0.627. The molecule has 0 aliphatic carbocycles. The Morgan fingerprint density at radius 1 is 0.857 bits per heavy atom. The topological polar surface area (TPSA) is 92.3 Å². The number of nitrogens with one attached hydrogen (secondary N) is 1. The van der Waals surface area contributed by atoms with Crippen LogP contribution in [-0.4, -0.2) is 46.9 Å². The minimum atomic E-state index is -0.692. The van der Waals surface area contributed by atoms with Gasteiger partial charge in [-0.1, -0.05) is 0 Å². The summed E-state index contributed by atoms with van der Waals surface area (Å²) in [6.45, 7) is -0.473. The first kappa shape index (κ1) is 21.4. The lowest BCUT2D eigenvalue weighted by Crippen LogP contribution is -2.21. The van der Waals surface area contributed by atoms with E-state index in [-0.39, 0.29) is 5.56 Å². The number of anilines is 1. The summed E-state index contributed by atoms with van der Waals surface area (Å²) in [7, 11) is 5.93. The Kier molecular flexibility index (Phi) is 7.51. The number of hydrogen-bond acceptors (Lipinski definition) is 7. The minimum absolute atomic E-state index is 0.188. The largest absolute Gasteiger partial charge is 0.497 e. The van der Waals surface area contributed by atoms with E-state index in [0.29, 0.717) is 33.2 Å². The van der Waals surface area contributed by atoms with E-state index in [1.165, 1.54) is 40.6 Å². The van der Waals surface area contributed by atoms with Crippen molar-refractivity contribution >= 4 is 33.5 Å². The summed E-state index contributed by atoms with van der Waals surface area (Å²) in [4.78, 5) is 24.4. The molecule has 0 aliphatic heterocycles. The first-order chi connectivity index (χ1) is 13.4. The van der Waals surface area contributed by atoms with Crippen molar-refractivity contribution in [3.8, 4) is 23.0 Å². The van der Waals surface area contributed by atoms with Gasteiger partial charge in [-0.3, -0.25) is 4.79 Å². The molecule has 0 unspecified atom stereocenters. The van der Waals surface area contributed by atoms with E-state index in [2.05, 4.69) is 21.2 Å². The van der Waals surface area contributed by atoms with Crippen LogP contribution in [0.1, 0.15) is 10.4 Å². The molecular weight excluding hydrogens is 434 g/mol. The average molecular weight is 454 g/mol. The van der Waals surface area contributed by atoms with E-state index < -0.39 is 18.5 Å². The number of hydrogen-bond donors (Lipinski definition) is 1. The van der Waals surface area contributed by atoms with E-state index >= 15 is 0 Å². The maximum atomic E-state index is 12.3. The number of methoxy groups -OCH3 is 4. The highest BCUT2D eigenvalue weighted by Crippen LogP contribution is 2.35. The predicted molar refractivity (Wildman–Crippen MR) is 106 cm³/mol. The second kappa shape index (κ2) is 9.84. The number of ether oxygens (including phenoxy) is 5. The van der Waals surface area contributed by atoms with Crippen molar-refractivity contribution in [3.05, 3.63) is 40.4 Å². The van der Waals surface area contributed by atoms with Crippen LogP contribution in [0.4, 0.5) is 5.69 Å². The molecule has 1 amide bonds. The molecule has 2 aromatic rings. The Hall–Kier alpha value is -2.94. The van der Waals surface area contributed by atoms with Gasteiger partial charge in [0.2, 0.25) is 0 Å². The summed E-state index contributed by atoms with van der Waals surface area (Å²) >= 11 is 3.32. The molecule has 0 bridgehead atoms. The second-order valence-corrected chi connectivity index (χ2v) is 6.21. The number of esters is 1. The van der Waals surface area contributed by atoms with Gasteiger partial charge in [0.15, 0.2) is 6.61 Å². The maximum absolute atomic E-state index is 12.3. The quantitative estimate of drug-likeness (QED) is 0.612. The highest BCUT2D eigenvalue weighted by molar-refractivity contribution is 9.10. The number of carbonyl (C=O) groups is 2. The van der Waals surface area contributed by atoms with Crippen molar-refractivity contribution in [1.82, 2.24) is 0 Å². The third-order valence-electron chi connectivity index (χ3n) is 3.65. The number of rotatable bonds is 8. The highest BCUT2D eigenvalue weighted by Gasteiger charge is 2.17. The lowest BCUT2D eigenvalue weighted by Gasteiger charge is -2.12. The van der Waals surface area contributed by atoms with E-state index in [1.807, 2.05) is 0 Å². The Morgan fingerprint density at radius 3 is 1.86 bits per heavy atom. The Morgan fingerprint density at radius 2 is 1.39 bits per heavy atom. The summed E-state index contributed by atoms with van der Waals surface area (Å²) in [5, 5.41) is 2.62. The molecule has 28 heavy (non-hydrogen) atoms. The third kappa shape index (κ3) is 5.29. The van der Waals surface area contributed by atoms with Gasteiger partial charge in [0, 0.05) is 23.9 Å². The van der Waals surface area contributed by atoms with Gasteiger partial charge >= 0.3 is 5.97 Å². The molecule has 0 saturated heterocycles. The Labute approximate surface area is 170 Å². The van der Waals surface area contributed by atoms with E-state index in [9.17, 15) is 9.59 Å². The van der Waals surface area contributed by atoms with Crippen LogP contribution in [0.5, 0.6) is 23.0 Å². The molecule has 0 aromatic heterocycles. The van der Waals surface area contributed by atoms with Gasteiger partial charge in [0.25, 0.3) is 5.91 Å². The first-order valence-electron chi connectivity index (χ1n) is 8.03. The fourth-order valence-electron chi connectivity index (χ4n) is 2.28. The van der Waals surface area contributed by atoms with Crippen LogP contribution in [-0.2, 0) is 9.53 Å². The molecule has 0 radical (unpaired) electrons. The fourth-order valence-corrected chi connectivity index (χ4v) is 2.83. The summed E-state index contributed by atoms with van der Waals surface area (Å²) in [6.07, 6.45) is 0. The van der Waals surface area contributed by atoms with Gasteiger partial charge in [-0.05, 0) is 28.1 Å². The standard InChI is InChI=1S/C19H20BrNO7/c1-24-13-7-12(8-14(9-13)25-2)21-17(22)10-28-19(23)11-5-15(26-3)18(20)16(6-11)27-4/h5-9H,10H2,1-4H3,(H,21,22). The maximum Gasteiger partial charge on any atom is 0.338 e. The molecule has 2 aromatic carbocycles. The summed E-state index contributed by atoms with van der Waals surface area (Å²) in [5.41, 5.74) is 0.636. The second-order valence-electron chi connectivity index (χ2n) is 5.42. The van der Waals surface area contributed by atoms with Crippen molar-refractivity contribution in [1.29, 1.82) is 0 Å². The molecule has 1 N–H and O–H groups in total. The number of halogens is 1. The van der Waals surface area contributed by atoms with Crippen molar-refractivity contribution in [2.24, 2.45) is 0 Å². The fraction of sp³-hybridized carbons (Fsp3) is 0.263. The molecule has 150 valence electrons. The van der Waals surface area contributed by atoms with Crippen LogP contribution in [0.15, 0.2) is 34.8 Å². The SMILES string of the molecule is COc1cc(NC(=O)COC(=O)c2cc(OC)c(Br)c(OC)c2)cc(OC)c1. The zero-order valence-electron chi connectivity index (χ0n) is 15.8. The highest BCUT2D eigenvalue weighted by atomic mass is 79.9. The Bertz CT molecular complexity index is 822. The van der Waals surface area contributed by atoms with Gasteiger partial charge < -0.3 is 29.0 Å². The van der Waals surface area contributed by atoms with Crippen LogP contribution in [0.3, 0.4) is 0 Å². The molecule has 2 rings (SSSR count). The lowest BCUT2D eigenvalue weighted by atomic mass is 10.2. The molecule has 0 atom stereocenters. The van der Waals surface area contributed by atoms with Crippen molar-refractivity contribution < 1.29 is 33.3 Å². The molecule has 9 heteroatoms. The molecule has 0 saturated carbocycles. The van der Waals surface area contributed by atoms with Crippen LogP contribution >= 0.6 is 15.9 Å². The summed E-state index contributed by atoms with van der Waals surface area (Å²) < 4.78 is 26.3. The van der Waals surface area contributed by atoms with Gasteiger partial charge in [-0.2, -0.15) is 0 Å². The molecule has 0 aliphatic rings. The lowest BCUT2D eigenvalue weighted by molar-refractivity contribution is -0.119. The minimum Gasteiger partial charge on any atom is -0.497 e. The average Bonchev–Trinajstić information content (AvgIpc) is 2.71. The van der Waals surface area contributed by atoms with Crippen molar-refractivity contribution in [2.75, 3.05) is 40.4 Å². The third-order valence-corrected chi connectivity index (χ3v) is 4.43. The molecule has 8 nitrogen and oxygen atoms in total. The van der Waals surface area contributed by atoms with Gasteiger partial charge in [0.1, 0.15) is 27.5 Å².